The Balaban J connectivity index is 2.86. The molecule has 0 aromatic heterocycles. The molecule has 1 rings (SSSR count). The molecule has 0 aliphatic rings. The van der Waals surface area contributed by atoms with Crippen molar-refractivity contribution >= 4 is 11.6 Å². The number of hydrogen-bond donors (Lipinski definition) is 2. The predicted molar refractivity (Wildman–Crippen MR) is 79.3 cm³/mol. The number of benzene rings is 1. The number of rotatable bonds is 7. The summed E-state index contributed by atoms with van der Waals surface area (Å²) >= 11 is 0. The maximum absolute atomic E-state index is 11.3. The number of carbonyl (C=O) groups excluding carboxylic acids is 1. The van der Waals surface area contributed by atoms with E-state index in [2.05, 4.69) is 5.32 Å². The van der Waals surface area contributed by atoms with Crippen LogP contribution in [-0.2, 0) is 4.79 Å². The van der Waals surface area contributed by atoms with Gasteiger partial charge in [0.1, 0.15) is 18.4 Å². The molecule has 0 spiro atoms. The third-order valence-corrected chi connectivity index (χ3v) is 2.97. The molecule has 21 heavy (non-hydrogen) atoms. The summed E-state index contributed by atoms with van der Waals surface area (Å²) in [5.74, 6) is 0.00916. The van der Waals surface area contributed by atoms with Gasteiger partial charge in [0, 0.05) is 17.7 Å². The third kappa shape index (κ3) is 4.71. The van der Waals surface area contributed by atoms with Gasteiger partial charge >= 0.3 is 0 Å². The van der Waals surface area contributed by atoms with Gasteiger partial charge in [-0.2, -0.15) is 0 Å². The summed E-state index contributed by atoms with van der Waals surface area (Å²) in [5.41, 5.74) is 6.50. The Kier molecular flexibility index (Phi) is 5.66. The smallest absolute Gasteiger partial charge is 0.272 e. The second-order valence-electron chi connectivity index (χ2n) is 5.25. The Hall–Kier alpha value is -2.15. The number of amides is 1. The molecule has 7 nitrogen and oxygen atoms in total. The highest BCUT2D eigenvalue weighted by molar-refractivity contribution is 5.80. The van der Waals surface area contributed by atoms with Crippen molar-refractivity contribution in [2.45, 2.75) is 39.8 Å². The quantitative estimate of drug-likeness (QED) is 0.584. The van der Waals surface area contributed by atoms with Crippen molar-refractivity contribution < 1.29 is 14.5 Å². The first-order chi connectivity index (χ1) is 9.72. The average Bonchev–Trinajstić information content (AvgIpc) is 2.36. The van der Waals surface area contributed by atoms with Gasteiger partial charge in [-0.3, -0.25) is 14.9 Å². The van der Waals surface area contributed by atoms with Crippen LogP contribution >= 0.6 is 0 Å². The lowest BCUT2D eigenvalue weighted by molar-refractivity contribution is -0.385. The van der Waals surface area contributed by atoms with Crippen molar-refractivity contribution in [1.29, 1.82) is 0 Å². The first-order valence-electron chi connectivity index (χ1n) is 6.66. The van der Waals surface area contributed by atoms with E-state index in [4.69, 9.17) is 10.5 Å². The highest BCUT2D eigenvalue weighted by Crippen LogP contribution is 2.27. The second kappa shape index (κ2) is 7.03. The summed E-state index contributed by atoms with van der Waals surface area (Å²) in [6.45, 7) is 7.24. The summed E-state index contributed by atoms with van der Waals surface area (Å²) in [6, 6.07) is 2.53. The summed E-state index contributed by atoms with van der Waals surface area (Å²) < 4.78 is 5.59. The fourth-order valence-corrected chi connectivity index (χ4v) is 1.91. The molecule has 0 saturated carbocycles. The van der Waals surface area contributed by atoms with Crippen LogP contribution in [0, 0.1) is 24.0 Å². The van der Waals surface area contributed by atoms with Gasteiger partial charge in [-0.15, -0.1) is 0 Å². The third-order valence-electron chi connectivity index (χ3n) is 2.97. The Morgan fingerprint density at radius 1 is 1.38 bits per heavy atom. The van der Waals surface area contributed by atoms with Crippen molar-refractivity contribution in [3.05, 3.63) is 33.4 Å². The molecule has 0 fully saturated rings. The zero-order valence-electron chi connectivity index (χ0n) is 12.7. The number of aryl methyl sites for hydroxylation is 2. The number of carbonyl (C=O) groups is 1. The van der Waals surface area contributed by atoms with Crippen molar-refractivity contribution in [2.75, 3.05) is 6.61 Å². The first-order valence-corrected chi connectivity index (χ1v) is 6.66. The first kappa shape index (κ1) is 16.9. The van der Waals surface area contributed by atoms with E-state index >= 15 is 0 Å². The van der Waals surface area contributed by atoms with Crippen LogP contribution in [0.1, 0.15) is 25.0 Å². The van der Waals surface area contributed by atoms with Gasteiger partial charge in [0.05, 0.1) is 4.92 Å². The highest BCUT2D eigenvalue weighted by atomic mass is 16.6. The van der Waals surface area contributed by atoms with E-state index in [9.17, 15) is 14.9 Å². The van der Waals surface area contributed by atoms with Crippen molar-refractivity contribution in [3.8, 4) is 5.75 Å². The number of nitro benzene ring substituents is 1. The predicted octanol–water partition coefficient (Wildman–Crippen LogP) is 1.44. The van der Waals surface area contributed by atoms with Crippen LogP contribution in [0.4, 0.5) is 5.69 Å². The minimum Gasteiger partial charge on any atom is -0.491 e. The topological polar surface area (TPSA) is 107 Å². The van der Waals surface area contributed by atoms with E-state index in [1.165, 1.54) is 6.07 Å². The molecule has 0 radical (unpaired) electrons. The van der Waals surface area contributed by atoms with Gasteiger partial charge in [-0.25, -0.2) is 0 Å². The van der Waals surface area contributed by atoms with Gasteiger partial charge in [0.15, 0.2) is 0 Å². The fourth-order valence-electron chi connectivity index (χ4n) is 1.91. The summed E-state index contributed by atoms with van der Waals surface area (Å²) in [7, 11) is 0. The number of nitrogens with zero attached hydrogens (tertiary/aromatic N) is 1. The molecular formula is C14H21N3O4. The molecule has 1 atom stereocenters. The minimum atomic E-state index is -0.611. The molecule has 1 amide bonds. The molecule has 0 aliphatic carbocycles. The standard InChI is InChI=1S/C14H21N3O4/c1-8(2)16-11(14(15)18)7-21-13-6-9(3)12(17(19)20)5-10(13)4/h5-6,8,11,16H,7H2,1-4H3,(H2,15,18). The Labute approximate surface area is 123 Å². The molecule has 0 saturated heterocycles. The normalized spacial score (nSPS) is 12.2. The lowest BCUT2D eigenvalue weighted by Gasteiger charge is -2.19. The van der Waals surface area contributed by atoms with Gasteiger partial charge in [-0.1, -0.05) is 13.8 Å². The lowest BCUT2D eigenvalue weighted by atomic mass is 10.1. The van der Waals surface area contributed by atoms with Crippen molar-refractivity contribution in [3.63, 3.8) is 0 Å². The zero-order valence-corrected chi connectivity index (χ0v) is 12.7. The van der Waals surface area contributed by atoms with Gasteiger partial charge < -0.3 is 15.8 Å². The van der Waals surface area contributed by atoms with E-state index in [0.717, 1.165) is 0 Å². The molecule has 0 aliphatic heterocycles. The van der Waals surface area contributed by atoms with Crippen LogP contribution in [0.2, 0.25) is 0 Å². The average molecular weight is 295 g/mol. The minimum absolute atomic E-state index is 0.0478. The molecule has 3 N–H and O–H groups in total. The molecular weight excluding hydrogens is 274 g/mol. The van der Waals surface area contributed by atoms with Crippen molar-refractivity contribution in [2.24, 2.45) is 5.73 Å². The number of ether oxygens (including phenoxy) is 1. The lowest BCUT2D eigenvalue weighted by Crippen LogP contribution is -2.48. The van der Waals surface area contributed by atoms with Gasteiger partial charge in [0.25, 0.3) is 5.69 Å². The van der Waals surface area contributed by atoms with E-state index < -0.39 is 16.9 Å². The number of primary amides is 1. The summed E-state index contributed by atoms with van der Waals surface area (Å²) in [6.07, 6.45) is 0. The Morgan fingerprint density at radius 3 is 2.48 bits per heavy atom. The van der Waals surface area contributed by atoms with E-state index in [0.29, 0.717) is 16.9 Å². The molecule has 0 bridgehead atoms. The maximum Gasteiger partial charge on any atom is 0.272 e. The Bertz CT molecular complexity index is 543. The molecule has 1 aromatic rings. The van der Waals surface area contributed by atoms with Gasteiger partial charge in [-0.05, 0) is 25.5 Å². The fraction of sp³-hybridized carbons (Fsp3) is 0.500. The van der Waals surface area contributed by atoms with E-state index in [-0.39, 0.29) is 18.3 Å². The maximum atomic E-state index is 11.3. The van der Waals surface area contributed by atoms with Crippen LogP contribution in [0.25, 0.3) is 0 Å². The van der Waals surface area contributed by atoms with E-state index in [1.807, 2.05) is 13.8 Å². The van der Waals surface area contributed by atoms with E-state index in [1.54, 1.807) is 19.9 Å². The van der Waals surface area contributed by atoms with Crippen LogP contribution in [-0.4, -0.2) is 29.5 Å². The van der Waals surface area contributed by atoms with Crippen LogP contribution in [0.5, 0.6) is 5.75 Å². The number of nitro groups is 1. The van der Waals surface area contributed by atoms with Crippen LogP contribution < -0.4 is 15.8 Å². The van der Waals surface area contributed by atoms with Crippen LogP contribution in [0.3, 0.4) is 0 Å². The monoisotopic (exact) mass is 295 g/mol. The summed E-state index contributed by atoms with van der Waals surface area (Å²) in [4.78, 5) is 21.8. The second-order valence-corrected chi connectivity index (χ2v) is 5.25. The van der Waals surface area contributed by atoms with Gasteiger partial charge in [0.2, 0.25) is 5.91 Å². The highest BCUT2D eigenvalue weighted by Gasteiger charge is 2.19. The van der Waals surface area contributed by atoms with Crippen LogP contribution in [0.15, 0.2) is 12.1 Å². The Morgan fingerprint density at radius 2 is 2.00 bits per heavy atom. The number of hydrogen-bond acceptors (Lipinski definition) is 5. The molecule has 1 unspecified atom stereocenters. The zero-order chi connectivity index (χ0) is 16.2. The number of nitrogens with two attached hydrogens (primary N) is 1. The molecule has 7 heteroatoms. The number of nitrogens with one attached hydrogen (secondary N) is 1. The largest absolute Gasteiger partial charge is 0.491 e. The SMILES string of the molecule is Cc1cc([N+](=O)[O-])c(C)cc1OCC(NC(C)C)C(N)=O. The molecule has 1 aromatic carbocycles. The molecule has 0 heterocycles. The summed E-state index contributed by atoms with van der Waals surface area (Å²) in [5, 5.41) is 13.9. The van der Waals surface area contributed by atoms with Crippen molar-refractivity contribution in [1.82, 2.24) is 5.32 Å². The molecule has 116 valence electrons.